The lowest BCUT2D eigenvalue weighted by atomic mass is 10.2. The minimum Gasteiger partial charge on any atom is -0.461 e. The van der Waals surface area contributed by atoms with Gasteiger partial charge >= 0.3 is 5.97 Å². The topological polar surface area (TPSA) is 69.9 Å². The Morgan fingerprint density at radius 1 is 1.43 bits per heavy atom. The molecule has 2 rings (SSSR count). The summed E-state index contributed by atoms with van der Waals surface area (Å²) in [6, 6.07) is 5.54. The van der Waals surface area contributed by atoms with Crippen molar-refractivity contribution in [2.24, 2.45) is 0 Å². The highest BCUT2D eigenvalue weighted by Gasteiger charge is 2.22. The summed E-state index contributed by atoms with van der Waals surface area (Å²) in [6.07, 6.45) is 4.70. The average molecular weight is 306 g/mol. The monoisotopic (exact) mass is 306 g/mol. The first-order valence-corrected chi connectivity index (χ1v) is 8.18. The summed E-state index contributed by atoms with van der Waals surface area (Å²) < 4.78 is 6.77. The normalized spacial score (nSPS) is 10.6. The van der Waals surface area contributed by atoms with Crippen LogP contribution in [0.15, 0.2) is 24.4 Å². The highest BCUT2D eigenvalue weighted by atomic mass is 32.2. The molecular formula is C14H18N4O2S. The van der Waals surface area contributed by atoms with Crippen molar-refractivity contribution >= 4 is 17.7 Å². The predicted octanol–water partition coefficient (Wildman–Crippen LogP) is 2.27. The lowest BCUT2D eigenvalue weighted by Gasteiger charge is -2.07. The van der Waals surface area contributed by atoms with E-state index in [4.69, 9.17) is 4.74 Å². The largest absolute Gasteiger partial charge is 0.461 e. The van der Waals surface area contributed by atoms with Gasteiger partial charge in [0.15, 0.2) is 5.69 Å². The molecule has 0 spiro atoms. The van der Waals surface area contributed by atoms with Crippen molar-refractivity contribution in [1.29, 1.82) is 0 Å². The van der Waals surface area contributed by atoms with Gasteiger partial charge in [0, 0.05) is 12.7 Å². The van der Waals surface area contributed by atoms with Gasteiger partial charge in [0.1, 0.15) is 5.69 Å². The number of carbonyl (C=O) groups excluding carboxylic acids is 1. The SMILES string of the molecule is CCOC(=O)c1nnn(CCCSC)c1-c1ccccn1. The smallest absolute Gasteiger partial charge is 0.361 e. The zero-order chi connectivity index (χ0) is 15.1. The zero-order valence-electron chi connectivity index (χ0n) is 12.2. The molecule has 0 saturated carbocycles. The molecule has 112 valence electrons. The fourth-order valence-electron chi connectivity index (χ4n) is 1.92. The second-order valence-electron chi connectivity index (χ2n) is 4.29. The number of aromatic nitrogens is 4. The Balaban J connectivity index is 2.35. The molecule has 0 radical (unpaired) electrons. The van der Waals surface area contributed by atoms with Crippen LogP contribution in [0, 0.1) is 0 Å². The zero-order valence-corrected chi connectivity index (χ0v) is 13.0. The Kier molecular flexibility index (Phi) is 5.74. The maximum absolute atomic E-state index is 12.0. The number of ether oxygens (including phenoxy) is 1. The maximum Gasteiger partial charge on any atom is 0.361 e. The molecule has 2 aromatic rings. The van der Waals surface area contributed by atoms with Gasteiger partial charge in [-0.25, -0.2) is 9.48 Å². The summed E-state index contributed by atoms with van der Waals surface area (Å²) >= 11 is 1.78. The number of aryl methyl sites for hydroxylation is 1. The van der Waals surface area contributed by atoms with Crippen molar-refractivity contribution in [2.75, 3.05) is 18.6 Å². The van der Waals surface area contributed by atoms with Crippen LogP contribution in [0.5, 0.6) is 0 Å². The molecule has 0 saturated heterocycles. The number of rotatable bonds is 7. The second kappa shape index (κ2) is 7.78. The standard InChI is InChI=1S/C14H18N4O2S/c1-3-20-14(19)12-13(11-7-4-5-8-15-11)18(17-16-12)9-6-10-21-2/h4-5,7-8H,3,6,9-10H2,1-2H3. The number of thioether (sulfide) groups is 1. The molecule has 21 heavy (non-hydrogen) atoms. The Morgan fingerprint density at radius 2 is 2.29 bits per heavy atom. The number of carbonyl (C=O) groups is 1. The molecule has 2 aromatic heterocycles. The van der Waals surface area contributed by atoms with E-state index in [1.165, 1.54) is 0 Å². The van der Waals surface area contributed by atoms with E-state index in [0.29, 0.717) is 24.5 Å². The van der Waals surface area contributed by atoms with E-state index in [2.05, 4.69) is 21.6 Å². The summed E-state index contributed by atoms with van der Waals surface area (Å²) in [7, 11) is 0. The molecule has 0 amide bonds. The minimum atomic E-state index is -0.464. The lowest BCUT2D eigenvalue weighted by molar-refractivity contribution is 0.0520. The highest BCUT2D eigenvalue weighted by molar-refractivity contribution is 7.98. The molecule has 2 heterocycles. The van der Waals surface area contributed by atoms with Crippen LogP contribution in [0.2, 0.25) is 0 Å². The summed E-state index contributed by atoms with van der Waals surface area (Å²) in [5.74, 6) is 0.560. The summed E-state index contributed by atoms with van der Waals surface area (Å²) in [5.41, 5.74) is 1.52. The van der Waals surface area contributed by atoms with Gasteiger partial charge in [-0.15, -0.1) is 5.10 Å². The molecular weight excluding hydrogens is 288 g/mol. The first-order chi connectivity index (χ1) is 10.3. The van der Waals surface area contributed by atoms with Gasteiger partial charge in [-0.1, -0.05) is 11.3 Å². The molecule has 0 aliphatic carbocycles. The molecule has 0 aliphatic rings. The van der Waals surface area contributed by atoms with E-state index in [-0.39, 0.29) is 5.69 Å². The van der Waals surface area contributed by atoms with Crippen molar-refractivity contribution in [3.8, 4) is 11.4 Å². The molecule has 0 bridgehead atoms. The molecule has 0 N–H and O–H groups in total. The molecule has 0 aliphatic heterocycles. The Hall–Kier alpha value is -1.89. The third-order valence-electron chi connectivity index (χ3n) is 2.83. The van der Waals surface area contributed by atoms with Gasteiger partial charge in [-0.3, -0.25) is 4.98 Å². The molecule has 0 unspecified atom stereocenters. The van der Waals surface area contributed by atoms with Gasteiger partial charge in [-0.2, -0.15) is 11.8 Å². The predicted molar refractivity (Wildman–Crippen MR) is 82.2 cm³/mol. The number of hydrogen-bond donors (Lipinski definition) is 0. The number of pyridine rings is 1. The second-order valence-corrected chi connectivity index (χ2v) is 5.28. The summed E-state index contributed by atoms with van der Waals surface area (Å²) in [4.78, 5) is 16.3. The third kappa shape index (κ3) is 3.81. The van der Waals surface area contributed by atoms with E-state index in [1.807, 2.05) is 18.2 Å². The van der Waals surface area contributed by atoms with E-state index in [9.17, 15) is 4.79 Å². The van der Waals surface area contributed by atoms with Crippen LogP contribution in [0.1, 0.15) is 23.8 Å². The fourth-order valence-corrected chi connectivity index (χ4v) is 2.34. The Bertz CT molecular complexity index is 586. The molecule has 7 heteroatoms. The maximum atomic E-state index is 12.0. The van der Waals surface area contributed by atoms with Crippen LogP contribution in [0.3, 0.4) is 0 Å². The van der Waals surface area contributed by atoms with Crippen LogP contribution in [-0.4, -0.2) is 44.6 Å². The van der Waals surface area contributed by atoms with Crippen molar-refractivity contribution < 1.29 is 9.53 Å². The minimum absolute atomic E-state index is 0.222. The van der Waals surface area contributed by atoms with Crippen LogP contribution in [0.4, 0.5) is 0 Å². The van der Waals surface area contributed by atoms with E-state index in [0.717, 1.165) is 12.2 Å². The number of nitrogens with zero attached hydrogens (tertiary/aromatic N) is 4. The van der Waals surface area contributed by atoms with Crippen molar-refractivity contribution in [3.63, 3.8) is 0 Å². The average Bonchev–Trinajstić information content (AvgIpc) is 2.93. The number of esters is 1. The third-order valence-corrected chi connectivity index (χ3v) is 3.53. The Morgan fingerprint density at radius 3 is 2.95 bits per heavy atom. The summed E-state index contributed by atoms with van der Waals surface area (Å²) in [5, 5.41) is 8.07. The van der Waals surface area contributed by atoms with E-state index in [1.54, 1.807) is 29.6 Å². The van der Waals surface area contributed by atoms with Crippen molar-refractivity contribution in [2.45, 2.75) is 19.9 Å². The van der Waals surface area contributed by atoms with Crippen LogP contribution >= 0.6 is 11.8 Å². The quantitative estimate of drug-likeness (QED) is 0.577. The molecule has 0 aromatic carbocycles. The first kappa shape index (κ1) is 15.5. The van der Waals surface area contributed by atoms with Crippen molar-refractivity contribution in [3.05, 3.63) is 30.1 Å². The van der Waals surface area contributed by atoms with Gasteiger partial charge < -0.3 is 4.74 Å². The van der Waals surface area contributed by atoms with Crippen LogP contribution < -0.4 is 0 Å². The fraction of sp³-hybridized carbons (Fsp3) is 0.429. The lowest BCUT2D eigenvalue weighted by Crippen LogP contribution is -2.09. The van der Waals surface area contributed by atoms with Gasteiger partial charge in [0.05, 0.1) is 12.3 Å². The number of hydrogen-bond acceptors (Lipinski definition) is 6. The van der Waals surface area contributed by atoms with Gasteiger partial charge in [0.2, 0.25) is 0 Å². The molecule has 0 atom stereocenters. The van der Waals surface area contributed by atoms with Crippen molar-refractivity contribution in [1.82, 2.24) is 20.0 Å². The molecule has 6 nitrogen and oxygen atoms in total. The summed E-state index contributed by atoms with van der Waals surface area (Å²) in [6.45, 7) is 2.76. The van der Waals surface area contributed by atoms with E-state index >= 15 is 0 Å². The Labute approximate surface area is 127 Å². The van der Waals surface area contributed by atoms with Gasteiger partial charge in [0.25, 0.3) is 0 Å². The van der Waals surface area contributed by atoms with Crippen LogP contribution in [0.25, 0.3) is 11.4 Å². The van der Waals surface area contributed by atoms with Gasteiger partial charge in [-0.05, 0) is 37.5 Å². The highest BCUT2D eigenvalue weighted by Crippen LogP contribution is 2.21. The first-order valence-electron chi connectivity index (χ1n) is 6.78. The van der Waals surface area contributed by atoms with E-state index < -0.39 is 5.97 Å². The molecule has 0 fully saturated rings. The van der Waals surface area contributed by atoms with Crippen LogP contribution in [-0.2, 0) is 11.3 Å².